The zero-order valence-corrected chi connectivity index (χ0v) is 14.8. The first kappa shape index (κ1) is 19.9. The summed E-state index contributed by atoms with van der Waals surface area (Å²) in [6.45, 7) is 3.94. The van der Waals surface area contributed by atoms with Crippen LogP contribution >= 0.6 is 7.60 Å². The summed E-state index contributed by atoms with van der Waals surface area (Å²) in [6, 6.07) is 9.88. The molecule has 0 heterocycles. The Labute approximate surface area is 138 Å². The molecule has 0 saturated carbocycles. The second kappa shape index (κ2) is 10.6. The van der Waals surface area contributed by atoms with Crippen molar-refractivity contribution in [2.75, 3.05) is 12.8 Å². The van der Waals surface area contributed by atoms with E-state index in [1.54, 1.807) is 6.92 Å². The highest BCUT2D eigenvalue weighted by Crippen LogP contribution is 2.50. The maximum Gasteiger partial charge on any atom is 0.333 e. The van der Waals surface area contributed by atoms with Crippen LogP contribution < -0.4 is 0 Å². The van der Waals surface area contributed by atoms with Gasteiger partial charge in [0.15, 0.2) is 6.10 Å². The Kier molecular flexibility index (Phi) is 9.15. The van der Waals surface area contributed by atoms with Crippen molar-refractivity contribution < 1.29 is 23.5 Å². The molecule has 0 radical (unpaired) electrons. The van der Waals surface area contributed by atoms with Gasteiger partial charge in [0, 0.05) is 0 Å². The molecule has 6 heteroatoms. The van der Waals surface area contributed by atoms with E-state index in [2.05, 4.69) is 0 Å². The van der Waals surface area contributed by atoms with E-state index in [9.17, 15) is 14.5 Å². The molecule has 0 aliphatic carbocycles. The van der Waals surface area contributed by atoms with Crippen LogP contribution in [0.25, 0.3) is 0 Å². The van der Waals surface area contributed by atoms with Crippen molar-refractivity contribution in [2.45, 2.75) is 52.1 Å². The van der Waals surface area contributed by atoms with Gasteiger partial charge in [-0.3, -0.25) is 9.09 Å². The molecule has 1 rings (SSSR count). The number of carboxylic acid groups (broad SMARTS) is 1. The number of rotatable bonds is 12. The smallest absolute Gasteiger partial charge is 0.333 e. The zero-order valence-electron chi connectivity index (χ0n) is 13.9. The lowest BCUT2D eigenvalue weighted by atomic mass is 10.1. The topological polar surface area (TPSA) is 72.8 Å². The fraction of sp³-hybridized carbons (Fsp3) is 0.588. The highest BCUT2D eigenvalue weighted by Gasteiger charge is 2.31. The van der Waals surface area contributed by atoms with E-state index in [1.165, 1.54) is 0 Å². The molecular formula is C17H27O5P. The molecule has 1 aromatic carbocycles. The molecule has 0 aromatic heterocycles. The molecule has 0 aliphatic heterocycles. The van der Waals surface area contributed by atoms with Gasteiger partial charge >= 0.3 is 13.6 Å². The molecule has 0 bridgehead atoms. The molecule has 0 unspecified atom stereocenters. The number of carboxylic acids is 1. The first-order chi connectivity index (χ1) is 11.0. The second-order valence-corrected chi connectivity index (χ2v) is 7.55. The van der Waals surface area contributed by atoms with Gasteiger partial charge in [-0.15, -0.1) is 0 Å². The van der Waals surface area contributed by atoms with E-state index in [0.29, 0.717) is 19.3 Å². The minimum absolute atomic E-state index is 0.228. The van der Waals surface area contributed by atoms with Crippen LogP contribution in [0.3, 0.4) is 0 Å². The molecule has 23 heavy (non-hydrogen) atoms. The Morgan fingerprint density at radius 2 is 1.91 bits per heavy atom. The van der Waals surface area contributed by atoms with Gasteiger partial charge in [-0.1, -0.05) is 50.1 Å². The summed E-state index contributed by atoms with van der Waals surface area (Å²) in [5, 5.41) is 9.23. The molecule has 0 amide bonds. The van der Waals surface area contributed by atoms with Gasteiger partial charge in [0.25, 0.3) is 0 Å². The molecule has 130 valence electrons. The molecule has 0 saturated heterocycles. The van der Waals surface area contributed by atoms with E-state index in [-0.39, 0.29) is 12.8 Å². The van der Waals surface area contributed by atoms with E-state index < -0.39 is 19.7 Å². The van der Waals surface area contributed by atoms with E-state index in [0.717, 1.165) is 18.4 Å². The SMILES string of the molecule is CCCC[C@@H](O[P@](=O)(CCCc1ccccc1)OCC)C(=O)O. The number of hydrogen-bond donors (Lipinski definition) is 1. The molecule has 1 aromatic rings. The average molecular weight is 342 g/mol. The lowest BCUT2D eigenvalue weighted by Gasteiger charge is -2.22. The van der Waals surface area contributed by atoms with Crippen LogP contribution in [-0.2, 0) is 24.8 Å². The number of aliphatic carboxylic acids is 1. The highest BCUT2D eigenvalue weighted by atomic mass is 31.2. The van der Waals surface area contributed by atoms with Crippen molar-refractivity contribution in [3.05, 3.63) is 35.9 Å². The molecule has 5 nitrogen and oxygen atoms in total. The van der Waals surface area contributed by atoms with Crippen LogP contribution in [0.5, 0.6) is 0 Å². The maximum atomic E-state index is 12.8. The van der Waals surface area contributed by atoms with Gasteiger partial charge in [-0.05, 0) is 31.7 Å². The van der Waals surface area contributed by atoms with Crippen molar-refractivity contribution in [1.82, 2.24) is 0 Å². The maximum absolute atomic E-state index is 12.8. The van der Waals surface area contributed by atoms with Crippen LogP contribution in [0.15, 0.2) is 30.3 Å². The summed E-state index contributed by atoms with van der Waals surface area (Å²) in [6.07, 6.45) is 2.47. The standard InChI is InChI=1S/C17H27O5P/c1-3-5-13-16(17(18)19)22-23(20,21-4-2)14-9-12-15-10-7-6-8-11-15/h6-8,10-11,16H,3-5,9,12-14H2,1-2H3,(H,18,19)/t16-,23+/m1/s1. The number of hydrogen-bond acceptors (Lipinski definition) is 4. The van der Waals surface area contributed by atoms with Crippen LogP contribution in [0.2, 0.25) is 0 Å². The molecule has 0 spiro atoms. The average Bonchev–Trinajstić information content (AvgIpc) is 2.52. The summed E-state index contributed by atoms with van der Waals surface area (Å²) in [7, 11) is -3.39. The van der Waals surface area contributed by atoms with E-state index in [4.69, 9.17) is 9.05 Å². The Balaban J connectivity index is 2.61. The van der Waals surface area contributed by atoms with Crippen LogP contribution in [-0.4, -0.2) is 29.9 Å². The van der Waals surface area contributed by atoms with Crippen molar-refractivity contribution >= 4 is 13.6 Å². The van der Waals surface area contributed by atoms with Gasteiger partial charge in [-0.2, -0.15) is 0 Å². The van der Waals surface area contributed by atoms with Gasteiger partial charge in [-0.25, -0.2) is 4.79 Å². The van der Waals surface area contributed by atoms with Gasteiger partial charge in [0.1, 0.15) is 0 Å². The van der Waals surface area contributed by atoms with Gasteiger partial charge in [0.2, 0.25) is 0 Å². The summed E-state index contributed by atoms with van der Waals surface area (Å²) in [4.78, 5) is 11.3. The number of unbranched alkanes of at least 4 members (excludes halogenated alkanes) is 1. The molecule has 0 aliphatic rings. The van der Waals surface area contributed by atoms with Crippen LogP contribution in [0, 0.1) is 0 Å². The van der Waals surface area contributed by atoms with Crippen molar-refractivity contribution in [1.29, 1.82) is 0 Å². The second-order valence-electron chi connectivity index (χ2n) is 5.42. The Hall–Kier alpha value is -1.16. The van der Waals surface area contributed by atoms with Crippen LogP contribution in [0.1, 0.15) is 45.1 Å². The van der Waals surface area contributed by atoms with Crippen molar-refractivity contribution in [3.63, 3.8) is 0 Å². The lowest BCUT2D eigenvalue weighted by molar-refractivity contribution is -0.145. The third-order valence-electron chi connectivity index (χ3n) is 3.45. The fourth-order valence-electron chi connectivity index (χ4n) is 2.27. The number of benzene rings is 1. The van der Waals surface area contributed by atoms with Gasteiger partial charge in [0.05, 0.1) is 12.8 Å². The number of carbonyl (C=O) groups is 1. The summed E-state index contributed by atoms with van der Waals surface area (Å²) >= 11 is 0. The Morgan fingerprint density at radius 1 is 1.22 bits per heavy atom. The van der Waals surface area contributed by atoms with Crippen molar-refractivity contribution in [2.24, 2.45) is 0 Å². The largest absolute Gasteiger partial charge is 0.479 e. The monoisotopic (exact) mass is 342 g/mol. The fourth-order valence-corrected chi connectivity index (χ4v) is 4.09. The predicted octanol–water partition coefficient (Wildman–Crippen LogP) is 4.51. The van der Waals surface area contributed by atoms with Crippen molar-refractivity contribution in [3.8, 4) is 0 Å². The first-order valence-electron chi connectivity index (χ1n) is 8.19. The number of aryl methyl sites for hydroxylation is 1. The minimum Gasteiger partial charge on any atom is -0.479 e. The summed E-state index contributed by atoms with van der Waals surface area (Å²) in [5.41, 5.74) is 1.15. The highest BCUT2D eigenvalue weighted by molar-refractivity contribution is 7.53. The normalized spacial score (nSPS) is 15.0. The Bertz CT molecular complexity index is 503. The van der Waals surface area contributed by atoms with Gasteiger partial charge < -0.3 is 9.63 Å². The minimum atomic E-state index is -3.39. The summed E-state index contributed by atoms with van der Waals surface area (Å²) < 4.78 is 23.5. The molecular weight excluding hydrogens is 315 g/mol. The Morgan fingerprint density at radius 3 is 2.48 bits per heavy atom. The zero-order chi connectivity index (χ0) is 17.1. The molecule has 2 atom stereocenters. The third kappa shape index (κ3) is 7.78. The third-order valence-corrected chi connectivity index (χ3v) is 5.54. The lowest BCUT2D eigenvalue weighted by Crippen LogP contribution is -2.24. The molecule has 1 N–H and O–H groups in total. The quantitative estimate of drug-likeness (QED) is 0.566. The van der Waals surface area contributed by atoms with E-state index >= 15 is 0 Å². The summed E-state index contributed by atoms with van der Waals surface area (Å²) in [5.74, 6) is -1.08. The van der Waals surface area contributed by atoms with Crippen LogP contribution in [0.4, 0.5) is 0 Å². The molecule has 0 fully saturated rings. The predicted molar refractivity (Wildman–Crippen MR) is 90.9 cm³/mol. The van der Waals surface area contributed by atoms with E-state index in [1.807, 2.05) is 37.3 Å². The first-order valence-corrected chi connectivity index (χ1v) is 9.92.